The topological polar surface area (TPSA) is 105 Å². The molecule has 1 aliphatic rings. The lowest BCUT2D eigenvalue weighted by Crippen LogP contribution is -2.25. The first-order valence-electron chi connectivity index (χ1n) is 10.6. The van der Waals surface area contributed by atoms with E-state index in [0.29, 0.717) is 23.1 Å². The number of aryl methyl sites for hydroxylation is 2. The molecule has 2 heterocycles. The number of amides is 2. The summed E-state index contributed by atoms with van der Waals surface area (Å²) in [6.45, 7) is 8.25. The van der Waals surface area contributed by atoms with Crippen LogP contribution in [-0.4, -0.2) is 25.8 Å². The van der Waals surface area contributed by atoms with Crippen molar-refractivity contribution in [1.29, 1.82) is 0 Å². The molecule has 1 aromatic carbocycles. The minimum atomic E-state index is -0.398. The maximum absolute atomic E-state index is 12.6. The standard InChI is InChI=1S/C23H28N6O2/c1-14-13-19(26-22(31)24-16-11-9-15(10-12-16)23(2,3)4)29(28-14)21-25-18-8-6-5-7-17(18)20(30)27-21/h9-13H,5-8H2,1-4H3,(H2,24,26,31)(H,25,27,30). The number of benzene rings is 1. The van der Waals surface area contributed by atoms with Crippen LogP contribution in [0.3, 0.4) is 0 Å². The number of carbonyl (C=O) groups excluding carboxylic acids is 1. The summed E-state index contributed by atoms with van der Waals surface area (Å²) in [4.78, 5) is 32.5. The van der Waals surface area contributed by atoms with Crippen LogP contribution in [0.2, 0.25) is 0 Å². The molecule has 0 spiro atoms. The van der Waals surface area contributed by atoms with Gasteiger partial charge in [-0.3, -0.25) is 15.1 Å². The van der Waals surface area contributed by atoms with Crippen LogP contribution < -0.4 is 16.2 Å². The Morgan fingerprint density at radius 3 is 2.52 bits per heavy atom. The number of anilines is 2. The van der Waals surface area contributed by atoms with E-state index in [1.807, 2.05) is 31.2 Å². The normalized spacial score (nSPS) is 13.5. The second-order valence-electron chi connectivity index (χ2n) is 9.01. The molecular weight excluding hydrogens is 392 g/mol. The average molecular weight is 421 g/mol. The van der Waals surface area contributed by atoms with Gasteiger partial charge in [-0.05, 0) is 55.7 Å². The number of aromatic nitrogens is 4. The molecule has 0 fully saturated rings. The fourth-order valence-corrected chi connectivity index (χ4v) is 3.77. The van der Waals surface area contributed by atoms with Crippen molar-refractivity contribution in [3.05, 3.63) is 63.2 Å². The molecule has 31 heavy (non-hydrogen) atoms. The largest absolute Gasteiger partial charge is 0.324 e. The van der Waals surface area contributed by atoms with Crippen molar-refractivity contribution in [2.75, 3.05) is 10.6 Å². The van der Waals surface area contributed by atoms with Gasteiger partial charge >= 0.3 is 6.03 Å². The second-order valence-corrected chi connectivity index (χ2v) is 9.01. The van der Waals surface area contributed by atoms with E-state index in [4.69, 9.17) is 0 Å². The van der Waals surface area contributed by atoms with Crippen molar-refractivity contribution in [2.24, 2.45) is 0 Å². The highest BCUT2D eigenvalue weighted by Gasteiger charge is 2.19. The summed E-state index contributed by atoms with van der Waals surface area (Å²) in [6.07, 6.45) is 3.54. The Morgan fingerprint density at radius 2 is 1.81 bits per heavy atom. The van der Waals surface area contributed by atoms with Crippen molar-refractivity contribution < 1.29 is 4.79 Å². The van der Waals surface area contributed by atoms with Crippen molar-refractivity contribution >= 4 is 17.5 Å². The van der Waals surface area contributed by atoms with Crippen molar-refractivity contribution in [2.45, 2.75) is 58.8 Å². The van der Waals surface area contributed by atoms with Crippen LogP contribution in [0.5, 0.6) is 0 Å². The van der Waals surface area contributed by atoms with Gasteiger partial charge in [0.25, 0.3) is 5.56 Å². The number of nitrogens with one attached hydrogen (secondary N) is 3. The van der Waals surface area contributed by atoms with Gasteiger partial charge in [0.2, 0.25) is 5.95 Å². The number of aromatic amines is 1. The molecule has 8 heteroatoms. The summed E-state index contributed by atoms with van der Waals surface area (Å²) in [5, 5.41) is 10.1. The van der Waals surface area contributed by atoms with E-state index in [-0.39, 0.29) is 11.0 Å². The van der Waals surface area contributed by atoms with E-state index in [1.165, 1.54) is 10.2 Å². The van der Waals surface area contributed by atoms with Crippen LogP contribution >= 0.6 is 0 Å². The number of fused-ring (bicyclic) bond motifs is 1. The number of hydrogen-bond acceptors (Lipinski definition) is 4. The molecule has 0 unspecified atom stereocenters. The molecule has 4 rings (SSSR count). The smallest absolute Gasteiger partial charge is 0.308 e. The number of nitrogens with zero attached hydrogens (tertiary/aromatic N) is 3. The summed E-state index contributed by atoms with van der Waals surface area (Å²) in [6, 6.07) is 9.11. The number of hydrogen-bond donors (Lipinski definition) is 3. The van der Waals surface area contributed by atoms with Crippen molar-refractivity contribution in [1.82, 2.24) is 19.7 Å². The zero-order chi connectivity index (χ0) is 22.2. The lowest BCUT2D eigenvalue weighted by molar-refractivity contribution is 0.262. The van der Waals surface area contributed by atoms with E-state index in [1.54, 1.807) is 6.07 Å². The Kier molecular flexibility index (Phi) is 5.39. The van der Waals surface area contributed by atoms with Gasteiger partial charge in [-0.2, -0.15) is 9.78 Å². The SMILES string of the molecule is Cc1cc(NC(=O)Nc2ccc(C(C)(C)C)cc2)n(-c2nc3c(c(=O)[nH]2)CCCC3)n1. The monoisotopic (exact) mass is 420 g/mol. The predicted molar refractivity (Wildman–Crippen MR) is 121 cm³/mol. The fourth-order valence-electron chi connectivity index (χ4n) is 3.77. The number of H-pyrrole nitrogens is 1. The molecule has 3 N–H and O–H groups in total. The maximum atomic E-state index is 12.6. The van der Waals surface area contributed by atoms with Crippen LogP contribution in [-0.2, 0) is 18.3 Å². The van der Waals surface area contributed by atoms with E-state index in [0.717, 1.165) is 36.9 Å². The van der Waals surface area contributed by atoms with Gasteiger partial charge in [0.1, 0.15) is 5.82 Å². The summed E-state index contributed by atoms with van der Waals surface area (Å²) in [5.74, 6) is 0.740. The van der Waals surface area contributed by atoms with Gasteiger partial charge in [0, 0.05) is 17.3 Å². The zero-order valence-corrected chi connectivity index (χ0v) is 18.4. The van der Waals surface area contributed by atoms with Crippen LogP contribution in [0.4, 0.5) is 16.3 Å². The maximum Gasteiger partial charge on any atom is 0.324 e. The molecule has 0 saturated heterocycles. The first kappa shape index (κ1) is 20.8. The van der Waals surface area contributed by atoms with E-state index in [9.17, 15) is 9.59 Å². The van der Waals surface area contributed by atoms with Crippen molar-refractivity contribution in [3.63, 3.8) is 0 Å². The Labute approximate surface area is 181 Å². The van der Waals surface area contributed by atoms with Crippen LogP contribution in [0.25, 0.3) is 5.95 Å². The van der Waals surface area contributed by atoms with E-state index in [2.05, 4.69) is 46.5 Å². The number of rotatable bonds is 3. The Bertz CT molecular complexity index is 1170. The minimum absolute atomic E-state index is 0.0452. The zero-order valence-electron chi connectivity index (χ0n) is 18.4. The summed E-state index contributed by atoms with van der Waals surface area (Å²) < 4.78 is 1.47. The summed E-state index contributed by atoms with van der Waals surface area (Å²) in [7, 11) is 0. The van der Waals surface area contributed by atoms with Gasteiger partial charge < -0.3 is 5.32 Å². The van der Waals surface area contributed by atoms with Gasteiger partial charge in [-0.25, -0.2) is 9.78 Å². The van der Waals surface area contributed by atoms with Crippen LogP contribution in [0, 0.1) is 6.92 Å². The molecule has 0 bridgehead atoms. The molecule has 2 aromatic heterocycles. The number of carbonyl (C=O) groups is 1. The van der Waals surface area contributed by atoms with E-state index >= 15 is 0 Å². The predicted octanol–water partition coefficient (Wildman–Crippen LogP) is 4.08. The third-order valence-corrected chi connectivity index (χ3v) is 5.46. The molecule has 2 amide bonds. The van der Waals surface area contributed by atoms with Crippen LogP contribution in [0.15, 0.2) is 35.1 Å². The Hall–Kier alpha value is -3.42. The lowest BCUT2D eigenvalue weighted by Gasteiger charge is -2.19. The third-order valence-electron chi connectivity index (χ3n) is 5.46. The highest BCUT2D eigenvalue weighted by molar-refractivity contribution is 5.99. The second kappa shape index (κ2) is 8.02. The number of urea groups is 1. The highest BCUT2D eigenvalue weighted by Crippen LogP contribution is 2.24. The molecule has 0 radical (unpaired) electrons. The Balaban J connectivity index is 1.55. The van der Waals surface area contributed by atoms with E-state index < -0.39 is 6.03 Å². The van der Waals surface area contributed by atoms with Gasteiger partial charge in [0.05, 0.1) is 11.4 Å². The molecular formula is C23H28N6O2. The van der Waals surface area contributed by atoms with Gasteiger partial charge in [-0.1, -0.05) is 32.9 Å². The molecule has 8 nitrogen and oxygen atoms in total. The summed E-state index contributed by atoms with van der Waals surface area (Å²) in [5.41, 5.74) is 4.05. The van der Waals surface area contributed by atoms with Gasteiger partial charge in [-0.15, -0.1) is 0 Å². The molecule has 3 aromatic rings. The molecule has 0 atom stereocenters. The van der Waals surface area contributed by atoms with Crippen molar-refractivity contribution in [3.8, 4) is 5.95 Å². The average Bonchev–Trinajstić information content (AvgIpc) is 3.07. The fraction of sp³-hybridized carbons (Fsp3) is 0.391. The third kappa shape index (κ3) is 4.52. The molecule has 1 aliphatic carbocycles. The lowest BCUT2D eigenvalue weighted by atomic mass is 9.87. The highest BCUT2D eigenvalue weighted by atomic mass is 16.2. The molecule has 162 valence electrons. The minimum Gasteiger partial charge on any atom is -0.308 e. The molecule has 0 aliphatic heterocycles. The first-order chi connectivity index (χ1) is 14.7. The first-order valence-corrected chi connectivity index (χ1v) is 10.6. The van der Waals surface area contributed by atoms with Gasteiger partial charge in [0.15, 0.2) is 0 Å². The molecule has 0 saturated carbocycles. The van der Waals surface area contributed by atoms with Crippen LogP contribution in [0.1, 0.15) is 56.1 Å². The Morgan fingerprint density at radius 1 is 1.10 bits per heavy atom. The quantitative estimate of drug-likeness (QED) is 0.594. The summed E-state index contributed by atoms with van der Waals surface area (Å²) >= 11 is 0.